The second-order valence-electron chi connectivity index (χ2n) is 5.68. The maximum atomic E-state index is 12.0. The van der Waals surface area contributed by atoms with E-state index in [9.17, 15) is 4.79 Å². The second kappa shape index (κ2) is 4.38. The Bertz CT molecular complexity index is 271. The molecule has 1 heterocycles. The number of amides is 1. The minimum Gasteiger partial charge on any atom is -0.338 e. The lowest BCUT2D eigenvalue weighted by Gasteiger charge is -2.32. The molecule has 2 heteroatoms. The highest BCUT2D eigenvalue weighted by Gasteiger charge is 2.28. The van der Waals surface area contributed by atoms with Crippen LogP contribution in [0.4, 0.5) is 0 Å². The normalized spacial score (nSPS) is 18.0. The standard InChI is InChI=1S/C13H23NO/c1-10(2)11-6-8-14(9-7-11)12(15)13(3,4)5/h6,10H,7-9H2,1-5H3. The second-order valence-corrected chi connectivity index (χ2v) is 5.68. The van der Waals surface area contributed by atoms with Crippen molar-refractivity contribution in [1.82, 2.24) is 4.90 Å². The van der Waals surface area contributed by atoms with E-state index in [4.69, 9.17) is 0 Å². The van der Waals surface area contributed by atoms with Gasteiger partial charge in [0.2, 0.25) is 5.91 Å². The average Bonchev–Trinajstić information content (AvgIpc) is 2.15. The highest BCUT2D eigenvalue weighted by Crippen LogP contribution is 2.23. The van der Waals surface area contributed by atoms with Gasteiger partial charge < -0.3 is 4.90 Å². The quantitative estimate of drug-likeness (QED) is 0.608. The molecule has 0 aromatic carbocycles. The van der Waals surface area contributed by atoms with Gasteiger partial charge in [-0.1, -0.05) is 46.3 Å². The van der Waals surface area contributed by atoms with E-state index in [0.717, 1.165) is 19.5 Å². The van der Waals surface area contributed by atoms with Gasteiger partial charge in [-0.2, -0.15) is 0 Å². The van der Waals surface area contributed by atoms with Crippen LogP contribution < -0.4 is 0 Å². The Morgan fingerprint density at radius 3 is 2.33 bits per heavy atom. The summed E-state index contributed by atoms with van der Waals surface area (Å²) in [5, 5.41) is 0. The minimum absolute atomic E-state index is 0.247. The summed E-state index contributed by atoms with van der Waals surface area (Å²) in [4.78, 5) is 14.0. The fourth-order valence-electron chi connectivity index (χ4n) is 1.87. The first-order chi connectivity index (χ1) is 6.82. The summed E-state index contributed by atoms with van der Waals surface area (Å²) in [5.41, 5.74) is 1.25. The van der Waals surface area contributed by atoms with E-state index in [1.807, 2.05) is 25.7 Å². The molecule has 1 aliphatic heterocycles. The molecule has 86 valence electrons. The van der Waals surface area contributed by atoms with E-state index in [-0.39, 0.29) is 11.3 Å². The number of carbonyl (C=O) groups excluding carboxylic acids is 1. The number of nitrogens with zero attached hydrogens (tertiary/aromatic N) is 1. The number of hydrogen-bond acceptors (Lipinski definition) is 1. The van der Waals surface area contributed by atoms with E-state index in [1.165, 1.54) is 5.57 Å². The van der Waals surface area contributed by atoms with Gasteiger partial charge in [0, 0.05) is 18.5 Å². The number of rotatable bonds is 1. The lowest BCUT2D eigenvalue weighted by atomic mass is 9.92. The highest BCUT2D eigenvalue weighted by molar-refractivity contribution is 5.81. The molecule has 2 nitrogen and oxygen atoms in total. The van der Waals surface area contributed by atoms with Crippen LogP contribution >= 0.6 is 0 Å². The summed E-state index contributed by atoms with van der Waals surface area (Å²) in [6.07, 6.45) is 3.26. The lowest BCUT2D eigenvalue weighted by Crippen LogP contribution is -2.42. The lowest BCUT2D eigenvalue weighted by molar-refractivity contribution is -0.139. The molecule has 0 aromatic heterocycles. The van der Waals surface area contributed by atoms with Crippen molar-refractivity contribution in [3.05, 3.63) is 11.6 Å². The first-order valence-electron chi connectivity index (χ1n) is 5.80. The molecule has 0 fully saturated rings. The van der Waals surface area contributed by atoms with E-state index in [0.29, 0.717) is 5.92 Å². The summed E-state index contributed by atoms with van der Waals surface area (Å²) in [7, 11) is 0. The van der Waals surface area contributed by atoms with Crippen molar-refractivity contribution in [2.24, 2.45) is 11.3 Å². The van der Waals surface area contributed by atoms with Crippen molar-refractivity contribution < 1.29 is 4.79 Å². The van der Waals surface area contributed by atoms with Crippen molar-refractivity contribution in [2.45, 2.75) is 41.0 Å². The molecule has 0 spiro atoms. The molecule has 0 atom stereocenters. The van der Waals surface area contributed by atoms with Crippen LogP contribution in [0.2, 0.25) is 0 Å². The van der Waals surface area contributed by atoms with Crippen molar-refractivity contribution >= 4 is 5.91 Å². The molecule has 0 unspecified atom stereocenters. The number of hydrogen-bond donors (Lipinski definition) is 0. The fraction of sp³-hybridized carbons (Fsp3) is 0.769. The average molecular weight is 209 g/mol. The van der Waals surface area contributed by atoms with Crippen molar-refractivity contribution in [3.8, 4) is 0 Å². The van der Waals surface area contributed by atoms with Gasteiger partial charge in [0.1, 0.15) is 0 Å². The fourth-order valence-corrected chi connectivity index (χ4v) is 1.87. The maximum absolute atomic E-state index is 12.0. The van der Waals surface area contributed by atoms with Crippen LogP contribution in [0.15, 0.2) is 11.6 Å². The van der Waals surface area contributed by atoms with Gasteiger partial charge in [-0.15, -0.1) is 0 Å². The third kappa shape index (κ3) is 3.08. The van der Waals surface area contributed by atoms with Crippen molar-refractivity contribution in [3.63, 3.8) is 0 Å². The Labute approximate surface area is 93.3 Å². The topological polar surface area (TPSA) is 20.3 Å². The van der Waals surface area contributed by atoms with E-state index in [2.05, 4.69) is 19.9 Å². The van der Waals surface area contributed by atoms with Crippen LogP contribution in [0.5, 0.6) is 0 Å². The Morgan fingerprint density at radius 2 is 2.00 bits per heavy atom. The highest BCUT2D eigenvalue weighted by atomic mass is 16.2. The van der Waals surface area contributed by atoms with Crippen LogP contribution in [0.1, 0.15) is 41.0 Å². The molecule has 15 heavy (non-hydrogen) atoms. The predicted octanol–water partition coefficient (Wildman–Crippen LogP) is 2.85. The molecule has 0 N–H and O–H groups in total. The van der Waals surface area contributed by atoms with Crippen LogP contribution in [0, 0.1) is 11.3 Å². The third-order valence-corrected chi connectivity index (χ3v) is 2.91. The van der Waals surface area contributed by atoms with Gasteiger partial charge in [-0.25, -0.2) is 0 Å². The Morgan fingerprint density at radius 1 is 1.40 bits per heavy atom. The van der Waals surface area contributed by atoms with Crippen LogP contribution in [-0.4, -0.2) is 23.9 Å². The molecule has 0 radical (unpaired) electrons. The maximum Gasteiger partial charge on any atom is 0.228 e. The summed E-state index contributed by atoms with van der Waals surface area (Å²) in [6.45, 7) is 12.1. The molecule has 0 saturated carbocycles. The van der Waals surface area contributed by atoms with Gasteiger partial charge in [-0.3, -0.25) is 4.79 Å². The zero-order valence-electron chi connectivity index (χ0n) is 10.6. The van der Waals surface area contributed by atoms with Gasteiger partial charge in [-0.05, 0) is 12.3 Å². The van der Waals surface area contributed by atoms with Gasteiger partial charge in [0.15, 0.2) is 0 Å². The molecule has 1 aliphatic rings. The smallest absolute Gasteiger partial charge is 0.228 e. The third-order valence-electron chi connectivity index (χ3n) is 2.91. The molecular formula is C13H23NO. The summed E-state index contributed by atoms with van der Waals surface area (Å²) < 4.78 is 0. The van der Waals surface area contributed by atoms with Gasteiger partial charge in [0.05, 0.1) is 0 Å². The minimum atomic E-state index is -0.247. The first kappa shape index (κ1) is 12.3. The molecule has 0 saturated heterocycles. The first-order valence-corrected chi connectivity index (χ1v) is 5.80. The van der Waals surface area contributed by atoms with E-state index >= 15 is 0 Å². The summed E-state index contributed by atoms with van der Waals surface area (Å²) in [6, 6.07) is 0. The van der Waals surface area contributed by atoms with Crippen molar-refractivity contribution in [1.29, 1.82) is 0 Å². The monoisotopic (exact) mass is 209 g/mol. The molecule has 0 bridgehead atoms. The Balaban J connectivity index is 2.62. The Kier molecular flexibility index (Phi) is 3.58. The Hall–Kier alpha value is -0.790. The molecule has 0 aromatic rings. The van der Waals surface area contributed by atoms with Crippen molar-refractivity contribution in [2.75, 3.05) is 13.1 Å². The molecule has 0 aliphatic carbocycles. The zero-order chi connectivity index (χ0) is 11.6. The molecular weight excluding hydrogens is 186 g/mol. The molecule has 1 amide bonds. The SMILES string of the molecule is CC(C)C1=CCN(C(=O)C(C)(C)C)CC1. The predicted molar refractivity (Wildman–Crippen MR) is 63.6 cm³/mol. The van der Waals surface area contributed by atoms with Crippen LogP contribution in [0.3, 0.4) is 0 Å². The number of carbonyl (C=O) groups is 1. The largest absolute Gasteiger partial charge is 0.338 e. The van der Waals surface area contributed by atoms with Gasteiger partial charge >= 0.3 is 0 Å². The van der Waals surface area contributed by atoms with E-state index < -0.39 is 0 Å². The summed E-state index contributed by atoms with van der Waals surface area (Å²) >= 11 is 0. The molecule has 1 rings (SSSR count). The van der Waals surface area contributed by atoms with Gasteiger partial charge in [0.25, 0.3) is 0 Å². The van der Waals surface area contributed by atoms with Crippen LogP contribution in [0.25, 0.3) is 0 Å². The van der Waals surface area contributed by atoms with E-state index in [1.54, 1.807) is 0 Å². The zero-order valence-corrected chi connectivity index (χ0v) is 10.6. The summed E-state index contributed by atoms with van der Waals surface area (Å²) in [5.74, 6) is 0.887. The van der Waals surface area contributed by atoms with Crippen LogP contribution in [-0.2, 0) is 4.79 Å².